The van der Waals surface area contributed by atoms with Crippen molar-refractivity contribution in [2.45, 2.75) is 57.9 Å². The summed E-state index contributed by atoms with van der Waals surface area (Å²) in [5.74, 6) is 1.32. The summed E-state index contributed by atoms with van der Waals surface area (Å²) in [5.41, 5.74) is 1.83. The summed E-state index contributed by atoms with van der Waals surface area (Å²) in [5, 5.41) is 3.90. The van der Waals surface area contributed by atoms with Crippen LogP contribution in [0.25, 0.3) is 11.6 Å². The molecular formula is C21H24N4O3. The fourth-order valence-electron chi connectivity index (χ4n) is 3.49. The van der Waals surface area contributed by atoms with Crippen molar-refractivity contribution >= 4 is 5.91 Å². The molecule has 4 rings (SSSR count). The third-order valence-corrected chi connectivity index (χ3v) is 5.01. The van der Waals surface area contributed by atoms with Crippen LogP contribution < -0.4 is 5.49 Å². The van der Waals surface area contributed by atoms with Gasteiger partial charge in [-0.25, -0.2) is 0 Å². The average Bonchev–Trinajstić information content (AvgIpc) is 3.39. The maximum absolute atomic E-state index is 12.8. The van der Waals surface area contributed by atoms with Gasteiger partial charge in [0.05, 0.1) is 12.3 Å². The standard InChI is InChI=1S/C21H24N4O3/c1-15-11-12-25(18(14-15)22-16-6-3-2-4-7-16)20(26)10-9-19-23-21(24-28-19)17-8-5-13-27-17/h5,8,11-14,16H,2-4,6-7,9-10H2,1H3. The highest BCUT2D eigenvalue weighted by Gasteiger charge is 2.15. The largest absolute Gasteiger partial charge is 0.461 e. The van der Waals surface area contributed by atoms with Gasteiger partial charge in [-0.05, 0) is 49.6 Å². The van der Waals surface area contributed by atoms with Gasteiger partial charge < -0.3 is 8.94 Å². The highest BCUT2D eigenvalue weighted by atomic mass is 16.5. The van der Waals surface area contributed by atoms with E-state index in [1.54, 1.807) is 29.2 Å². The van der Waals surface area contributed by atoms with E-state index in [2.05, 4.69) is 10.1 Å². The molecule has 0 atom stereocenters. The van der Waals surface area contributed by atoms with E-state index in [4.69, 9.17) is 13.9 Å². The molecule has 0 aliphatic heterocycles. The van der Waals surface area contributed by atoms with Gasteiger partial charge in [-0.15, -0.1) is 0 Å². The van der Waals surface area contributed by atoms with E-state index in [9.17, 15) is 4.79 Å². The van der Waals surface area contributed by atoms with Crippen molar-refractivity contribution in [3.63, 3.8) is 0 Å². The SMILES string of the molecule is Cc1ccn(C(=O)CCc2nc(-c3ccco3)no2)c(=NC2CCCCC2)c1. The van der Waals surface area contributed by atoms with E-state index in [1.165, 1.54) is 19.3 Å². The van der Waals surface area contributed by atoms with Crippen LogP contribution in [0, 0.1) is 6.92 Å². The van der Waals surface area contributed by atoms with Crippen LogP contribution in [0.2, 0.25) is 0 Å². The maximum atomic E-state index is 12.8. The van der Waals surface area contributed by atoms with Gasteiger partial charge in [-0.2, -0.15) is 4.98 Å². The van der Waals surface area contributed by atoms with E-state index in [0.717, 1.165) is 23.9 Å². The van der Waals surface area contributed by atoms with Gasteiger partial charge in [0.2, 0.25) is 17.6 Å². The molecule has 0 radical (unpaired) electrons. The van der Waals surface area contributed by atoms with Crippen molar-refractivity contribution < 1.29 is 13.7 Å². The summed E-state index contributed by atoms with van der Waals surface area (Å²) in [6.07, 6.45) is 9.90. The lowest BCUT2D eigenvalue weighted by Crippen LogP contribution is -2.29. The molecule has 0 bridgehead atoms. The Morgan fingerprint density at radius 3 is 2.93 bits per heavy atom. The molecule has 7 nitrogen and oxygen atoms in total. The predicted octanol–water partition coefficient (Wildman–Crippen LogP) is 3.95. The van der Waals surface area contributed by atoms with Gasteiger partial charge >= 0.3 is 0 Å². The predicted molar refractivity (Wildman–Crippen MR) is 103 cm³/mol. The zero-order chi connectivity index (χ0) is 19.3. The number of aromatic nitrogens is 3. The number of aryl methyl sites for hydroxylation is 2. The van der Waals surface area contributed by atoms with Crippen LogP contribution in [-0.4, -0.2) is 26.7 Å². The third kappa shape index (κ3) is 4.30. The van der Waals surface area contributed by atoms with Crippen molar-refractivity contribution in [2.24, 2.45) is 4.99 Å². The number of nitrogens with zero attached hydrogens (tertiary/aromatic N) is 4. The first kappa shape index (κ1) is 18.4. The van der Waals surface area contributed by atoms with Gasteiger partial charge in [0.15, 0.2) is 5.76 Å². The Balaban J connectivity index is 1.48. The monoisotopic (exact) mass is 380 g/mol. The lowest BCUT2D eigenvalue weighted by molar-refractivity contribution is 0.0893. The molecule has 146 valence electrons. The van der Waals surface area contributed by atoms with Crippen molar-refractivity contribution in [1.82, 2.24) is 14.7 Å². The Bertz CT molecular complexity index is 995. The van der Waals surface area contributed by atoms with Crippen LogP contribution in [0.5, 0.6) is 0 Å². The Morgan fingerprint density at radius 1 is 1.29 bits per heavy atom. The van der Waals surface area contributed by atoms with Crippen LogP contribution in [0.15, 0.2) is 50.7 Å². The van der Waals surface area contributed by atoms with Crippen LogP contribution in [0.4, 0.5) is 0 Å². The minimum atomic E-state index is -0.0349. The number of rotatable bonds is 5. The lowest BCUT2D eigenvalue weighted by atomic mass is 9.96. The minimum absolute atomic E-state index is 0.0349. The zero-order valence-electron chi connectivity index (χ0n) is 16.0. The minimum Gasteiger partial charge on any atom is -0.461 e. The molecule has 7 heteroatoms. The van der Waals surface area contributed by atoms with Gasteiger partial charge in [-0.1, -0.05) is 24.4 Å². The summed E-state index contributed by atoms with van der Waals surface area (Å²) in [6.45, 7) is 2.02. The van der Waals surface area contributed by atoms with E-state index < -0.39 is 0 Å². The summed E-state index contributed by atoms with van der Waals surface area (Å²) in [6, 6.07) is 7.75. The molecule has 28 heavy (non-hydrogen) atoms. The Kier molecular flexibility index (Phi) is 5.50. The summed E-state index contributed by atoms with van der Waals surface area (Å²) >= 11 is 0. The number of hydrogen-bond acceptors (Lipinski definition) is 6. The fourth-order valence-corrected chi connectivity index (χ4v) is 3.49. The quantitative estimate of drug-likeness (QED) is 0.669. The fraction of sp³-hybridized carbons (Fsp3) is 0.429. The smallest absolute Gasteiger partial charge is 0.238 e. The number of carbonyl (C=O) groups excluding carboxylic acids is 1. The van der Waals surface area contributed by atoms with E-state index in [1.807, 2.05) is 19.1 Å². The molecule has 1 saturated carbocycles. The molecule has 1 aliphatic rings. The normalized spacial score (nSPS) is 15.8. The second-order valence-corrected chi connectivity index (χ2v) is 7.24. The molecule has 3 aromatic heterocycles. The number of pyridine rings is 1. The zero-order valence-corrected chi connectivity index (χ0v) is 16.0. The summed E-state index contributed by atoms with van der Waals surface area (Å²) in [7, 11) is 0. The van der Waals surface area contributed by atoms with Crippen molar-refractivity contribution in [1.29, 1.82) is 0 Å². The molecule has 3 aromatic rings. The summed E-state index contributed by atoms with van der Waals surface area (Å²) in [4.78, 5) is 22.0. The van der Waals surface area contributed by atoms with Crippen molar-refractivity contribution in [3.05, 3.63) is 53.7 Å². The second-order valence-electron chi connectivity index (χ2n) is 7.24. The van der Waals surface area contributed by atoms with Crippen LogP contribution in [0.1, 0.15) is 54.8 Å². The number of hydrogen-bond donors (Lipinski definition) is 0. The molecule has 1 aliphatic carbocycles. The van der Waals surface area contributed by atoms with E-state index >= 15 is 0 Å². The molecule has 1 fully saturated rings. The number of carbonyl (C=O) groups is 1. The highest BCUT2D eigenvalue weighted by molar-refractivity contribution is 5.78. The number of furan rings is 1. The van der Waals surface area contributed by atoms with Gasteiger partial charge in [0.25, 0.3) is 0 Å². The average molecular weight is 380 g/mol. The molecule has 0 aromatic carbocycles. The molecular weight excluding hydrogens is 356 g/mol. The molecule has 0 amide bonds. The topological polar surface area (TPSA) is 86.4 Å². The molecule has 0 saturated heterocycles. The first-order chi connectivity index (χ1) is 13.7. The molecule has 3 heterocycles. The van der Waals surface area contributed by atoms with Crippen LogP contribution >= 0.6 is 0 Å². The molecule has 0 unspecified atom stereocenters. The van der Waals surface area contributed by atoms with Crippen molar-refractivity contribution in [3.8, 4) is 11.6 Å². The second kappa shape index (κ2) is 8.37. The third-order valence-electron chi connectivity index (χ3n) is 5.01. The van der Waals surface area contributed by atoms with Gasteiger partial charge in [0, 0.05) is 19.0 Å². The van der Waals surface area contributed by atoms with E-state index in [0.29, 0.717) is 29.9 Å². The lowest BCUT2D eigenvalue weighted by Gasteiger charge is -2.18. The van der Waals surface area contributed by atoms with E-state index in [-0.39, 0.29) is 12.3 Å². The van der Waals surface area contributed by atoms with Gasteiger partial charge in [-0.3, -0.25) is 14.4 Å². The molecule has 0 N–H and O–H groups in total. The first-order valence-electron chi connectivity index (χ1n) is 9.82. The van der Waals surface area contributed by atoms with Crippen LogP contribution in [-0.2, 0) is 6.42 Å². The van der Waals surface area contributed by atoms with Gasteiger partial charge in [0.1, 0.15) is 5.49 Å². The Labute approximate surface area is 163 Å². The highest BCUT2D eigenvalue weighted by Crippen LogP contribution is 2.20. The Hall–Kier alpha value is -2.96. The Morgan fingerprint density at radius 2 is 2.14 bits per heavy atom. The van der Waals surface area contributed by atoms with Crippen molar-refractivity contribution in [2.75, 3.05) is 0 Å². The maximum Gasteiger partial charge on any atom is 0.238 e. The molecule has 0 spiro atoms. The summed E-state index contributed by atoms with van der Waals surface area (Å²) < 4.78 is 12.1. The van der Waals surface area contributed by atoms with Crippen LogP contribution in [0.3, 0.4) is 0 Å². The first-order valence-corrected chi connectivity index (χ1v) is 9.82.